The molecule has 0 radical (unpaired) electrons. The van der Waals surface area contributed by atoms with Crippen molar-refractivity contribution in [2.45, 2.75) is 13.1 Å². The molecule has 0 aliphatic rings. The second kappa shape index (κ2) is 10.0. The van der Waals surface area contributed by atoms with Crippen molar-refractivity contribution >= 4 is 33.8 Å². The fraction of sp³-hybridized carbons (Fsp3) is 0.185. The summed E-state index contributed by atoms with van der Waals surface area (Å²) < 4.78 is 7.26. The summed E-state index contributed by atoms with van der Waals surface area (Å²) in [7, 11) is 1.88. The lowest BCUT2D eigenvalue weighted by Crippen LogP contribution is -2.27. The van der Waals surface area contributed by atoms with E-state index in [0.717, 1.165) is 33.7 Å². The number of aromatic amines is 1. The number of H-pyrrole nitrogens is 1. The van der Waals surface area contributed by atoms with Gasteiger partial charge < -0.3 is 19.4 Å². The van der Waals surface area contributed by atoms with Crippen LogP contribution >= 0.6 is 0 Å². The second-order valence-corrected chi connectivity index (χ2v) is 8.61. The summed E-state index contributed by atoms with van der Waals surface area (Å²) in [6.07, 6.45) is 0. The average Bonchev–Trinajstić information content (AvgIpc) is 3.44. The first kappa shape index (κ1) is 23.3. The van der Waals surface area contributed by atoms with Gasteiger partial charge in [0.25, 0.3) is 0 Å². The Hall–Kier alpha value is -4.50. The summed E-state index contributed by atoms with van der Waals surface area (Å²) >= 11 is 0. The van der Waals surface area contributed by atoms with Crippen molar-refractivity contribution in [3.63, 3.8) is 0 Å². The summed E-state index contributed by atoms with van der Waals surface area (Å²) in [5.41, 5.74) is 4.33. The van der Waals surface area contributed by atoms with Crippen LogP contribution in [0.1, 0.15) is 22.0 Å². The minimum atomic E-state index is -1.05. The van der Waals surface area contributed by atoms with Crippen LogP contribution in [0.5, 0.6) is 5.75 Å². The molecule has 0 spiro atoms. The smallest absolute Gasteiger partial charge is 0.341 e. The monoisotopic (exact) mass is 483 g/mol. The van der Waals surface area contributed by atoms with Crippen LogP contribution in [0.15, 0.2) is 72.8 Å². The third-order valence-corrected chi connectivity index (χ3v) is 5.84. The van der Waals surface area contributed by atoms with E-state index in [1.54, 1.807) is 24.3 Å². The van der Waals surface area contributed by atoms with Crippen molar-refractivity contribution in [2.75, 3.05) is 20.2 Å². The Morgan fingerprint density at radius 3 is 2.44 bits per heavy atom. The first-order valence-corrected chi connectivity index (χ1v) is 11.5. The predicted molar refractivity (Wildman–Crippen MR) is 135 cm³/mol. The van der Waals surface area contributed by atoms with Gasteiger partial charge in [-0.15, -0.1) is 0 Å². The van der Waals surface area contributed by atoms with Crippen molar-refractivity contribution < 1.29 is 19.4 Å². The Balaban J connectivity index is 1.31. The molecule has 36 heavy (non-hydrogen) atoms. The van der Waals surface area contributed by atoms with E-state index < -0.39 is 12.6 Å². The second-order valence-electron chi connectivity index (χ2n) is 8.61. The topological polar surface area (TPSA) is 113 Å². The number of fused-ring (bicyclic) bond motifs is 2. The molecule has 0 fully saturated rings. The van der Waals surface area contributed by atoms with Gasteiger partial charge in [0.2, 0.25) is 0 Å². The van der Waals surface area contributed by atoms with E-state index >= 15 is 0 Å². The fourth-order valence-electron chi connectivity index (χ4n) is 4.17. The number of nitrogens with one attached hydrogen (secondary N) is 1. The van der Waals surface area contributed by atoms with Crippen LogP contribution in [-0.4, -0.2) is 61.5 Å². The van der Waals surface area contributed by atoms with Crippen LogP contribution in [0, 0.1) is 0 Å². The number of ketones is 1. The molecule has 182 valence electrons. The maximum atomic E-state index is 12.9. The number of carbonyl (C=O) groups excluding carboxylic acids is 1. The molecule has 5 rings (SSSR count). The molecule has 2 aromatic heterocycles. The highest BCUT2D eigenvalue weighted by molar-refractivity contribution is 5.97. The SMILES string of the molecule is CN(CC(=O)c1ccc(OCC(=O)O)cc1)Cc1nc2ccccc2n1Cc1nc2ccccc2[nH]1. The molecule has 0 amide bonds. The predicted octanol–water partition coefficient (Wildman–Crippen LogP) is 3.74. The normalized spacial score (nSPS) is 11.4. The van der Waals surface area contributed by atoms with Crippen molar-refractivity contribution in [1.29, 1.82) is 0 Å². The third-order valence-electron chi connectivity index (χ3n) is 5.84. The molecular weight excluding hydrogens is 458 g/mol. The van der Waals surface area contributed by atoms with E-state index in [-0.39, 0.29) is 12.3 Å². The Bertz CT molecular complexity index is 1500. The highest BCUT2D eigenvalue weighted by Gasteiger charge is 2.17. The molecule has 2 heterocycles. The van der Waals surface area contributed by atoms with Crippen LogP contribution in [0.3, 0.4) is 0 Å². The van der Waals surface area contributed by atoms with Crippen LogP contribution < -0.4 is 4.74 Å². The number of ether oxygens (including phenoxy) is 1. The van der Waals surface area contributed by atoms with Crippen LogP contribution in [0.25, 0.3) is 22.1 Å². The van der Waals surface area contributed by atoms with Gasteiger partial charge in [0, 0.05) is 5.56 Å². The number of benzene rings is 3. The zero-order valence-corrected chi connectivity index (χ0v) is 19.7. The molecule has 3 aromatic carbocycles. The fourth-order valence-corrected chi connectivity index (χ4v) is 4.17. The number of aromatic nitrogens is 4. The molecule has 0 saturated heterocycles. The number of nitrogens with zero attached hydrogens (tertiary/aromatic N) is 4. The molecule has 0 aliphatic carbocycles. The standard InChI is InChI=1S/C27H25N5O4/c1-31(14-24(33)18-10-12-19(13-11-18)36-17-27(34)35)16-26-30-22-8-4-5-9-23(22)32(26)15-25-28-20-6-2-3-7-21(20)29-25/h2-13H,14-17H2,1H3,(H,28,29)(H,34,35). The first-order chi connectivity index (χ1) is 17.5. The zero-order chi connectivity index (χ0) is 25.1. The van der Waals surface area contributed by atoms with E-state index in [0.29, 0.717) is 24.4 Å². The van der Waals surface area contributed by atoms with Gasteiger partial charge in [-0.25, -0.2) is 14.8 Å². The number of hydrogen-bond donors (Lipinski definition) is 2. The van der Waals surface area contributed by atoms with Gasteiger partial charge in [0.1, 0.15) is 17.4 Å². The van der Waals surface area contributed by atoms with Gasteiger partial charge >= 0.3 is 5.97 Å². The number of para-hydroxylation sites is 4. The number of imidazole rings is 2. The van der Waals surface area contributed by atoms with Crippen LogP contribution in [0.2, 0.25) is 0 Å². The van der Waals surface area contributed by atoms with Crippen molar-refractivity contribution in [3.8, 4) is 5.75 Å². The minimum Gasteiger partial charge on any atom is -0.482 e. The Morgan fingerprint density at radius 1 is 0.972 bits per heavy atom. The van der Waals surface area contributed by atoms with E-state index in [1.807, 2.05) is 60.5 Å². The van der Waals surface area contributed by atoms with Crippen molar-refractivity contribution in [1.82, 2.24) is 24.4 Å². The summed E-state index contributed by atoms with van der Waals surface area (Å²) in [6, 6.07) is 22.4. The molecule has 0 atom stereocenters. The van der Waals surface area contributed by atoms with Gasteiger partial charge in [0.15, 0.2) is 12.4 Å². The molecule has 2 N–H and O–H groups in total. The lowest BCUT2D eigenvalue weighted by molar-refractivity contribution is -0.139. The van der Waals surface area contributed by atoms with Gasteiger partial charge in [-0.05, 0) is 55.6 Å². The van der Waals surface area contributed by atoms with Gasteiger partial charge in [-0.1, -0.05) is 24.3 Å². The van der Waals surface area contributed by atoms with E-state index in [2.05, 4.69) is 9.55 Å². The number of carboxylic acids is 1. The third kappa shape index (κ3) is 5.11. The first-order valence-electron chi connectivity index (χ1n) is 11.5. The molecule has 0 aliphatic heterocycles. The lowest BCUT2D eigenvalue weighted by atomic mass is 10.1. The summed E-state index contributed by atoms with van der Waals surface area (Å²) in [5, 5.41) is 8.72. The van der Waals surface area contributed by atoms with E-state index in [1.165, 1.54) is 0 Å². The van der Waals surface area contributed by atoms with Gasteiger partial charge in [0.05, 0.1) is 41.7 Å². The number of hydrogen-bond acceptors (Lipinski definition) is 6. The summed E-state index contributed by atoms with van der Waals surface area (Å²) in [4.78, 5) is 38.4. The van der Waals surface area contributed by atoms with Crippen LogP contribution in [-0.2, 0) is 17.9 Å². The molecule has 9 heteroatoms. The molecule has 0 saturated carbocycles. The number of rotatable bonds is 10. The molecule has 9 nitrogen and oxygen atoms in total. The van der Waals surface area contributed by atoms with Gasteiger partial charge in [-0.2, -0.15) is 0 Å². The number of carboxylic acid groups (broad SMARTS) is 1. The molecule has 0 bridgehead atoms. The van der Waals surface area contributed by atoms with Crippen molar-refractivity contribution in [2.24, 2.45) is 0 Å². The lowest BCUT2D eigenvalue weighted by Gasteiger charge is -2.17. The number of aliphatic carboxylic acids is 1. The Kier molecular flexibility index (Phi) is 6.46. The van der Waals surface area contributed by atoms with Crippen LogP contribution in [0.4, 0.5) is 0 Å². The number of likely N-dealkylation sites (N-methyl/N-ethyl adjacent to an activating group) is 1. The van der Waals surface area contributed by atoms with E-state index in [4.69, 9.17) is 19.8 Å². The zero-order valence-electron chi connectivity index (χ0n) is 19.7. The number of Topliss-reactive ketones (excluding diaryl/α,β-unsaturated/α-hetero) is 1. The highest BCUT2D eigenvalue weighted by atomic mass is 16.5. The summed E-state index contributed by atoms with van der Waals surface area (Å²) in [6.45, 7) is 0.777. The number of carbonyl (C=O) groups is 2. The molecule has 5 aromatic rings. The summed E-state index contributed by atoms with van der Waals surface area (Å²) in [5.74, 6) is 0.973. The quantitative estimate of drug-likeness (QED) is 0.291. The maximum absolute atomic E-state index is 12.9. The maximum Gasteiger partial charge on any atom is 0.341 e. The molecular formula is C27H25N5O4. The van der Waals surface area contributed by atoms with Gasteiger partial charge in [-0.3, -0.25) is 9.69 Å². The largest absolute Gasteiger partial charge is 0.482 e. The molecule has 0 unspecified atom stereocenters. The Labute approximate surface area is 207 Å². The van der Waals surface area contributed by atoms with Crippen molar-refractivity contribution in [3.05, 3.63) is 90.0 Å². The average molecular weight is 484 g/mol. The minimum absolute atomic E-state index is 0.0535. The van der Waals surface area contributed by atoms with E-state index in [9.17, 15) is 9.59 Å². The Morgan fingerprint density at radius 2 is 1.69 bits per heavy atom. The highest BCUT2D eigenvalue weighted by Crippen LogP contribution is 2.20.